The maximum atomic E-state index is 12.3. The molecule has 0 unspecified atom stereocenters. The van der Waals surface area contributed by atoms with E-state index in [9.17, 15) is 13.2 Å². The summed E-state index contributed by atoms with van der Waals surface area (Å²) in [6, 6.07) is 13.2. The standard InChI is InChI=1S/C16H14N4O3S/c1-19-14-7-6-13(9-15(14)20(2)24(19,22)23)18-16(21)12-5-3-4-11(8-12)10-17/h3-9H,1-2H3,(H,18,21). The van der Waals surface area contributed by atoms with Crippen molar-refractivity contribution < 1.29 is 13.2 Å². The molecule has 0 saturated carbocycles. The minimum absolute atomic E-state index is 0.354. The molecule has 0 atom stereocenters. The molecular formula is C16H14N4O3S. The molecule has 0 saturated heterocycles. The van der Waals surface area contributed by atoms with Gasteiger partial charge in [-0.3, -0.25) is 13.4 Å². The molecule has 24 heavy (non-hydrogen) atoms. The van der Waals surface area contributed by atoms with E-state index in [1.807, 2.05) is 6.07 Å². The van der Waals surface area contributed by atoms with Gasteiger partial charge in [0.25, 0.3) is 5.91 Å². The summed E-state index contributed by atoms with van der Waals surface area (Å²) in [5.74, 6) is -0.371. The number of carbonyl (C=O) groups is 1. The predicted octanol–water partition coefficient (Wildman–Crippen LogP) is 1.94. The van der Waals surface area contributed by atoms with Crippen LogP contribution in [0.1, 0.15) is 15.9 Å². The van der Waals surface area contributed by atoms with Gasteiger partial charge < -0.3 is 5.32 Å². The third-order valence-electron chi connectivity index (χ3n) is 3.86. The van der Waals surface area contributed by atoms with Gasteiger partial charge in [0.05, 0.1) is 23.0 Å². The van der Waals surface area contributed by atoms with E-state index in [0.717, 1.165) is 4.31 Å². The SMILES string of the molecule is CN1c2ccc(NC(=O)c3cccc(C#N)c3)cc2N(C)S1(=O)=O. The van der Waals surface area contributed by atoms with Crippen LogP contribution in [0.15, 0.2) is 42.5 Å². The summed E-state index contributed by atoms with van der Waals surface area (Å²) in [6.07, 6.45) is 0. The summed E-state index contributed by atoms with van der Waals surface area (Å²) in [7, 11) is -0.618. The Morgan fingerprint density at radius 3 is 2.50 bits per heavy atom. The zero-order valence-corrected chi connectivity index (χ0v) is 13.8. The fourth-order valence-electron chi connectivity index (χ4n) is 2.49. The molecule has 1 aliphatic heterocycles. The zero-order valence-electron chi connectivity index (χ0n) is 13.0. The van der Waals surface area contributed by atoms with Gasteiger partial charge in [-0.15, -0.1) is 0 Å². The lowest BCUT2D eigenvalue weighted by Gasteiger charge is -2.13. The number of rotatable bonds is 2. The van der Waals surface area contributed by atoms with Crippen molar-refractivity contribution in [2.75, 3.05) is 28.0 Å². The molecule has 0 aliphatic carbocycles. The van der Waals surface area contributed by atoms with Crippen LogP contribution in [-0.2, 0) is 10.2 Å². The van der Waals surface area contributed by atoms with Crippen LogP contribution in [0, 0.1) is 11.3 Å². The molecule has 0 aromatic heterocycles. The van der Waals surface area contributed by atoms with Gasteiger partial charge in [0, 0.05) is 25.3 Å². The van der Waals surface area contributed by atoms with Crippen LogP contribution in [0.3, 0.4) is 0 Å². The van der Waals surface area contributed by atoms with E-state index in [0.29, 0.717) is 28.2 Å². The fourth-order valence-corrected chi connectivity index (χ4v) is 3.65. The van der Waals surface area contributed by atoms with E-state index in [1.54, 1.807) is 36.4 Å². The van der Waals surface area contributed by atoms with Crippen LogP contribution >= 0.6 is 0 Å². The molecule has 0 radical (unpaired) electrons. The van der Waals surface area contributed by atoms with Crippen molar-refractivity contribution in [2.45, 2.75) is 0 Å². The highest BCUT2D eigenvalue weighted by Gasteiger charge is 2.35. The lowest BCUT2D eigenvalue weighted by Crippen LogP contribution is -2.32. The van der Waals surface area contributed by atoms with Crippen molar-refractivity contribution in [1.82, 2.24) is 0 Å². The molecule has 1 aliphatic rings. The first kappa shape index (κ1) is 15.8. The quantitative estimate of drug-likeness (QED) is 0.902. The van der Waals surface area contributed by atoms with Gasteiger partial charge in [0.15, 0.2) is 0 Å². The van der Waals surface area contributed by atoms with Gasteiger partial charge in [0.2, 0.25) is 0 Å². The maximum Gasteiger partial charge on any atom is 0.326 e. The van der Waals surface area contributed by atoms with Crippen LogP contribution in [0.25, 0.3) is 0 Å². The Balaban J connectivity index is 1.89. The van der Waals surface area contributed by atoms with E-state index in [1.165, 1.54) is 24.5 Å². The second kappa shape index (κ2) is 5.54. The van der Waals surface area contributed by atoms with Crippen molar-refractivity contribution in [3.8, 4) is 6.07 Å². The second-order valence-electron chi connectivity index (χ2n) is 5.29. The van der Waals surface area contributed by atoms with Crippen molar-refractivity contribution in [1.29, 1.82) is 5.26 Å². The number of benzene rings is 2. The molecule has 0 bridgehead atoms. The summed E-state index contributed by atoms with van der Waals surface area (Å²) < 4.78 is 26.6. The number of nitrogens with zero attached hydrogens (tertiary/aromatic N) is 3. The van der Waals surface area contributed by atoms with E-state index in [2.05, 4.69) is 5.32 Å². The average Bonchev–Trinajstić information content (AvgIpc) is 2.75. The first-order valence-electron chi connectivity index (χ1n) is 7.03. The Morgan fingerprint density at radius 2 is 1.79 bits per heavy atom. The van der Waals surface area contributed by atoms with Gasteiger partial charge in [-0.1, -0.05) is 6.07 Å². The van der Waals surface area contributed by atoms with Crippen LogP contribution in [-0.4, -0.2) is 28.4 Å². The Kier molecular flexibility index (Phi) is 3.66. The van der Waals surface area contributed by atoms with Gasteiger partial charge in [-0.25, -0.2) is 0 Å². The molecule has 1 amide bonds. The van der Waals surface area contributed by atoms with Crippen molar-refractivity contribution in [3.05, 3.63) is 53.6 Å². The van der Waals surface area contributed by atoms with Crippen molar-refractivity contribution >= 4 is 33.2 Å². The third kappa shape index (κ3) is 2.45. The number of hydrogen-bond donors (Lipinski definition) is 1. The molecule has 122 valence electrons. The number of amides is 1. The van der Waals surface area contributed by atoms with Crippen molar-refractivity contribution in [2.24, 2.45) is 0 Å². The number of anilines is 3. The van der Waals surface area contributed by atoms with E-state index in [-0.39, 0.29) is 5.91 Å². The Bertz CT molecular complexity index is 979. The average molecular weight is 342 g/mol. The largest absolute Gasteiger partial charge is 0.326 e. The topological polar surface area (TPSA) is 93.5 Å². The summed E-state index contributed by atoms with van der Waals surface area (Å²) in [6.45, 7) is 0. The van der Waals surface area contributed by atoms with Crippen LogP contribution in [0.2, 0.25) is 0 Å². The van der Waals surface area contributed by atoms with Gasteiger partial charge >= 0.3 is 10.2 Å². The first-order chi connectivity index (χ1) is 11.3. The first-order valence-corrected chi connectivity index (χ1v) is 8.42. The maximum absolute atomic E-state index is 12.3. The molecule has 0 spiro atoms. The van der Waals surface area contributed by atoms with Crippen LogP contribution in [0.5, 0.6) is 0 Å². The Hall–Kier alpha value is -3.05. The molecule has 1 heterocycles. The Morgan fingerprint density at radius 1 is 1.08 bits per heavy atom. The highest BCUT2D eigenvalue weighted by atomic mass is 32.2. The lowest BCUT2D eigenvalue weighted by atomic mass is 10.1. The second-order valence-corrected chi connectivity index (χ2v) is 7.28. The molecular weight excluding hydrogens is 328 g/mol. The summed E-state index contributed by atoms with van der Waals surface area (Å²) in [5.41, 5.74) is 2.25. The Labute approximate surface area is 139 Å². The van der Waals surface area contributed by atoms with Crippen molar-refractivity contribution in [3.63, 3.8) is 0 Å². The molecule has 7 nitrogen and oxygen atoms in total. The minimum atomic E-state index is -3.55. The van der Waals surface area contributed by atoms with E-state index < -0.39 is 10.2 Å². The van der Waals surface area contributed by atoms with Crippen LogP contribution < -0.4 is 13.9 Å². The number of carbonyl (C=O) groups excluding carboxylic acids is 1. The summed E-state index contributed by atoms with van der Waals surface area (Å²) in [4.78, 5) is 12.3. The van der Waals surface area contributed by atoms with Gasteiger partial charge in [0.1, 0.15) is 0 Å². The zero-order chi connectivity index (χ0) is 17.5. The van der Waals surface area contributed by atoms with Gasteiger partial charge in [-0.05, 0) is 36.4 Å². The molecule has 0 fully saturated rings. The fraction of sp³-hybridized carbons (Fsp3) is 0.125. The highest BCUT2D eigenvalue weighted by molar-refractivity contribution is 7.94. The van der Waals surface area contributed by atoms with Crippen LogP contribution in [0.4, 0.5) is 17.1 Å². The van der Waals surface area contributed by atoms with Gasteiger partial charge in [-0.2, -0.15) is 13.7 Å². The monoisotopic (exact) mass is 342 g/mol. The molecule has 2 aromatic carbocycles. The number of nitrogens with one attached hydrogen (secondary N) is 1. The predicted molar refractivity (Wildman–Crippen MR) is 91.3 cm³/mol. The number of hydrogen-bond acceptors (Lipinski definition) is 4. The molecule has 1 N–H and O–H groups in total. The number of nitriles is 1. The summed E-state index contributed by atoms with van der Waals surface area (Å²) >= 11 is 0. The summed E-state index contributed by atoms with van der Waals surface area (Å²) in [5, 5.41) is 11.6. The lowest BCUT2D eigenvalue weighted by molar-refractivity contribution is 0.102. The normalized spacial score (nSPS) is 14.9. The smallest absolute Gasteiger partial charge is 0.322 e. The molecule has 8 heteroatoms. The minimum Gasteiger partial charge on any atom is -0.322 e. The number of fused-ring (bicyclic) bond motifs is 1. The van der Waals surface area contributed by atoms with E-state index >= 15 is 0 Å². The molecule has 3 rings (SSSR count). The highest BCUT2D eigenvalue weighted by Crippen LogP contribution is 2.40. The third-order valence-corrected chi connectivity index (χ3v) is 5.64. The van der Waals surface area contributed by atoms with E-state index in [4.69, 9.17) is 5.26 Å². The molecule has 2 aromatic rings.